The molecule has 1 unspecified atom stereocenters. The van der Waals surface area contributed by atoms with Gasteiger partial charge in [-0.1, -0.05) is 50.1 Å². The number of ether oxygens (including phenoxy) is 1. The van der Waals surface area contributed by atoms with Crippen molar-refractivity contribution in [3.8, 4) is 0 Å². The van der Waals surface area contributed by atoms with Crippen LogP contribution in [-0.4, -0.2) is 30.8 Å². The first-order valence-corrected chi connectivity index (χ1v) is 7.30. The Morgan fingerprint density at radius 2 is 2.10 bits per heavy atom. The van der Waals surface area contributed by atoms with E-state index in [1.807, 2.05) is 37.3 Å². The van der Waals surface area contributed by atoms with Gasteiger partial charge < -0.3 is 9.84 Å². The molecule has 1 aliphatic carbocycles. The second kappa shape index (κ2) is 6.86. The average Bonchev–Trinajstić information content (AvgIpc) is 3.27. The van der Waals surface area contributed by atoms with Crippen molar-refractivity contribution in [1.82, 2.24) is 5.32 Å². The average molecular weight is 277 g/mol. The molecule has 2 N–H and O–H groups in total. The van der Waals surface area contributed by atoms with Gasteiger partial charge in [0.15, 0.2) is 5.54 Å². The summed E-state index contributed by atoms with van der Waals surface area (Å²) in [4.78, 5) is 11.8. The summed E-state index contributed by atoms with van der Waals surface area (Å²) in [6.07, 6.45) is 3.62. The smallest absolute Gasteiger partial charge is 0.331 e. The summed E-state index contributed by atoms with van der Waals surface area (Å²) in [7, 11) is 0. The molecule has 0 aliphatic heterocycles. The number of carboxylic acid groups (broad SMARTS) is 1. The Bertz CT molecular complexity index is 431. The molecule has 1 aromatic carbocycles. The largest absolute Gasteiger partial charge is 0.480 e. The van der Waals surface area contributed by atoms with E-state index in [-0.39, 0.29) is 6.61 Å². The fraction of sp³-hybridized carbons (Fsp3) is 0.562. The van der Waals surface area contributed by atoms with Crippen molar-refractivity contribution >= 4 is 5.97 Å². The van der Waals surface area contributed by atoms with E-state index in [1.165, 1.54) is 12.8 Å². The predicted molar refractivity (Wildman–Crippen MR) is 77.6 cm³/mol. The maximum Gasteiger partial charge on any atom is 0.331 e. The zero-order chi connectivity index (χ0) is 14.4. The van der Waals surface area contributed by atoms with Gasteiger partial charge in [-0.3, -0.25) is 5.32 Å². The van der Waals surface area contributed by atoms with E-state index in [4.69, 9.17) is 4.74 Å². The zero-order valence-corrected chi connectivity index (χ0v) is 12.0. The van der Waals surface area contributed by atoms with E-state index in [0.717, 1.165) is 17.9 Å². The topological polar surface area (TPSA) is 58.6 Å². The zero-order valence-electron chi connectivity index (χ0n) is 12.0. The molecule has 1 aromatic rings. The second-order valence-corrected chi connectivity index (χ2v) is 5.39. The van der Waals surface area contributed by atoms with E-state index in [0.29, 0.717) is 13.2 Å². The van der Waals surface area contributed by atoms with Gasteiger partial charge in [0.25, 0.3) is 0 Å². The van der Waals surface area contributed by atoms with Gasteiger partial charge in [0.2, 0.25) is 0 Å². The molecule has 4 heteroatoms. The van der Waals surface area contributed by atoms with E-state index >= 15 is 0 Å². The van der Waals surface area contributed by atoms with Crippen molar-refractivity contribution in [1.29, 1.82) is 0 Å². The lowest BCUT2D eigenvalue weighted by Crippen LogP contribution is -2.52. The van der Waals surface area contributed by atoms with Crippen molar-refractivity contribution in [2.75, 3.05) is 19.8 Å². The van der Waals surface area contributed by atoms with Crippen LogP contribution in [0.1, 0.15) is 31.7 Å². The van der Waals surface area contributed by atoms with Crippen LogP contribution in [0.5, 0.6) is 0 Å². The van der Waals surface area contributed by atoms with Crippen LogP contribution in [0, 0.1) is 5.92 Å². The molecule has 4 nitrogen and oxygen atoms in total. The summed E-state index contributed by atoms with van der Waals surface area (Å²) < 4.78 is 5.67. The summed E-state index contributed by atoms with van der Waals surface area (Å²) in [5.41, 5.74) is -0.416. The molecule has 0 heterocycles. The number of carboxylic acids is 1. The Kier molecular flexibility index (Phi) is 5.15. The lowest BCUT2D eigenvalue weighted by Gasteiger charge is -2.30. The van der Waals surface area contributed by atoms with Crippen LogP contribution in [0.3, 0.4) is 0 Å². The van der Waals surface area contributed by atoms with Crippen LogP contribution in [0.2, 0.25) is 0 Å². The summed E-state index contributed by atoms with van der Waals surface area (Å²) >= 11 is 0. The van der Waals surface area contributed by atoms with Gasteiger partial charge >= 0.3 is 5.97 Å². The third-order valence-corrected chi connectivity index (χ3v) is 3.80. The first-order chi connectivity index (χ1) is 9.69. The lowest BCUT2D eigenvalue weighted by molar-refractivity contribution is -0.148. The van der Waals surface area contributed by atoms with Crippen LogP contribution in [0.15, 0.2) is 30.3 Å². The van der Waals surface area contributed by atoms with Crippen molar-refractivity contribution in [3.63, 3.8) is 0 Å². The molecule has 110 valence electrons. The Labute approximate surface area is 120 Å². The van der Waals surface area contributed by atoms with Gasteiger partial charge in [-0.05, 0) is 24.4 Å². The molecule has 1 fully saturated rings. The molecule has 0 aromatic heterocycles. The highest BCUT2D eigenvalue weighted by molar-refractivity contribution is 5.81. The molecule has 0 saturated heterocycles. The summed E-state index contributed by atoms with van der Waals surface area (Å²) in [6, 6.07) is 9.27. The molecule has 1 atom stereocenters. The molecule has 2 rings (SSSR count). The van der Waals surface area contributed by atoms with Gasteiger partial charge in [-0.15, -0.1) is 0 Å². The van der Waals surface area contributed by atoms with Gasteiger partial charge in [0.1, 0.15) is 0 Å². The number of likely N-dealkylation sites (N-methyl/N-ethyl adjacent to an activating group) is 1. The molecule has 0 bridgehead atoms. The molecule has 20 heavy (non-hydrogen) atoms. The number of aliphatic carboxylic acids is 1. The molecular formula is C16H23NO3. The minimum atomic E-state index is -1.15. The van der Waals surface area contributed by atoms with E-state index < -0.39 is 11.5 Å². The number of hydrogen-bond donors (Lipinski definition) is 2. The predicted octanol–water partition coefficient (Wildman–Crippen LogP) is 2.39. The molecule has 0 radical (unpaired) electrons. The van der Waals surface area contributed by atoms with E-state index in [1.54, 1.807) is 0 Å². The van der Waals surface area contributed by atoms with Gasteiger partial charge in [-0.2, -0.15) is 0 Å². The molecule has 0 spiro atoms. The highest BCUT2D eigenvalue weighted by Crippen LogP contribution is 2.32. The molecule has 1 aliphatic rings. The standard InChI is InChI=1S/C16H23NO3/c1-2-17-16(15(18)19,14-6-4-3-5-7-14)12-20-11-10-13-8-9-13/h3-7,13,17H,2,8-12H2,1H3,(H,18,19). The number of benzene rings is 1. The van der Waals surface area contributed by atoms with Crippen molar-refractivity contribution in [3.05, 3.63) is 35.9 Å². The number of hydrogen-bond acceptors (Lipinski definition) is 3. The second-order valence-electron chi connectivity index (χ2n) is 5.39. The van der Waals surface area contributed by atoms with Gasteiger partial charge in [0, 0.05) is 6.61 Å². The van der Waals surface area contributed by atoms with Gasteiger partial charge in [0.05, 0.1) is 6.61 Å². The van der Waals surface area contributed by atoms with Crippen molar-refractivity contribution in [2.24, 2.45) is 5.92 Å². The lowest BCUT2D eigenvalue weighted by atomic mass is 9.90. The summed E-state index contributed by atoms with van der Waals surface area (Å²) in [5.74, 6) is -0.0953. The Hall–Kier alpha value is -1.39. The Balaban J connectivity index is 2.06. The molecular weight excluding hydrogens is 254 g/mol. The maximum absolute atomic E-state index is 11.8. The summed E-state index contributed by atoms with van der Waals surface area (Å²) in [6.45, 7) is 3.28. The van der Waals surface area contributed by atoms with Crippen molar-refractivity contribution < 1.29 is 14.6 Å². The third kappa shape index (κ3) is 3.58. The van der Waals surface area contributed by atoms with Gasteiger partial charge in [-0.25, -0.2) is 4.79 Å². The Morgan fingerprint density at radius 1 is 1.40 bits per heavy atom. The minimum Gasteiger partial charge on any atom is -0.480 e. The minimum absolute atomic E-state index is 0.160. The fourth-order valence-corrected chi connectivity index (χ4v) is 2.40. The van der Waals surface area contributed by atoms with Crippen LogP contribution >= 0.6 is 0 Å². The van der Waals surface area contributed by atoms with Crippen LogP contribution in [0.25, 0.3) is 0 Å². The number of carbonyl (C=O) groups is 1. The Morgan fingerprint density at radius 3 is 2.65 bits per heavy atom. The third-order valence-electron chi connectivity index (χ3n) is 3.80. The summed E-state index contributed by atoms with van der Waals surface area (Å²) in [5, 5.41) is 12.8. The van der Waals surface area contributed by atoms with Crippen LogP contribution in [0.4, 0.5) is 0 Å². The van der Waals surface area contributed by atoms with Crippen molar-refractivity contribution in [2.45, 2.75) is 31.7 Å². The highest BCUT2D eigenvalue weighted by Gasteiger charge is 2.40. The normalized spacial score (nSPS) is 17.6. The maximum atomic E-state index is 11.8. The molecule has 1 saturated carbocycles. The quantitative estimate of drug-likeness (QED) is 0.680. The van der Waals surface area contributed by atoms with E-state index in [9.17, 15) is 9.90 Å². The first kappa shape index (κ1) is 15.0. The van der Waals surface area contributed by atoms with Crippen LogP contribution in [-0.2, 0) is 15.1 Å². The highest BCUT2D eigenvalue weighted by atomic mass is 16.5. The fourth-order valence-electron chi connectivity index (χ4n) is 2.40. The SMILES string of the molecule is CCNC(COCCC1CC1)(C(=O)O)c1ccccc1. The monoisotopic (exact) mass is 277 g/mol. The van der Waals surface area contributed by atoms with Crippen LogP contribution < -0.4 is 5.32 Å². The number of nitrogens with one attached hydrogen (secondary N) is 1. The molecule has 0 amide bonds. The van der Waals surface area contributed by atoms with E-state index in [2.05, 4.69) is 5.32 Å². The first-order valence-electron chi connectivity index (χ1n) is 7.30. The number of rotatable bonds is 9.